The lowest BCUT2D eigenvalue weighted by molar-refractivity contribution is -0.143. The second-order valence-electron chi connectivity index (χ2n) is 7.95. The van der Waals surface area contributed by atoms with E-state index in [1.54, 1.807) is 13.2 Å². The summed E-state index contributed by atoms with van der Waals surface area (Å²) in [6.07, 6.45) is 3.04. The number of amides is 1. The van der Waals surface area contributed by atoms with Gasteiger partial charge in [-0.25, -0.2) is 0 Å². The van der Waals surface area contributed by atoms with E-state index < -0.39 is 11.9 Å². The summed E-state index contributed by atoms with van der Waals surface area (Å²) in [4.78, 5) is 34.4. The number of halogens is 1. The van der Waals surface area contributed by atoms with E-state index >= 15 is 0 Å². The number of carboxylic acid groups (broad SMARTS) is 2. The third-order valence-electron chi connectivity index (χ3n) is 5.51. The van der Waals surface area contributed by atoms with Crippen LogP contribution < -0.4 is 15.8 Å². The molecule has 0 aromatic heterocycles. The van der Waals surface area contributed by atoms with Crippen molar-refractivity contribution < 1.29 is 39.5 Å². The fourth-order valence-electron chi connectivity index (χ4n) is 3.75. The summed E-state index contributed by atoms with van der Waals surface area (Å²) in [5, 5.41) is 19.3. The number of fused-ring (bicyclic) bond motifs is 1. The van der Waals surface area contributed by atoms with Gasteiger partial charge in [0.05, 0.1) is 35.7 Å². The molecule has 1 fully saturated rings. The summed E-state index contributed by atoms with van der Waals surface area (Å²) in [6.45, 7) is 4.36. The second kappa shape index (κ2) is 14.6. The molecule has 0 atom stereocenters. The predicted molar refractivity (Wildman–Crippen MR) is 127 cm³/mol. The Morgan fingerprint density at radius 3 is 2.41 bits per heavy atom. The van der Waals surface area contributed by atoms with Gasteiger partial charge in [-0.15, -0.1) is 0 Å². The van der Waals surface area contributed by atoms with Gasteiger partial charge >= 0.3 is 11.9 Å². The Balaban J connectivity index is 0.000000556. The molecular weight excluding hydrogens is 470 g/mol. The first-order valence-corrected chi connectivity index (χ1v) is 11.3. The van der Waals surface area contributed by atoms with Gasteiger partial charge in [-0.05, 0) is 25.3 Å². The average molecular weight is 504 g/mol. The van der Waals surface area contributed by atoms with Crippen molar-refractivity contribution in [3.63, 3.8) is 0 Å². The summed E-state index contributed by atoms with van der Waals surface area (Å²) >= 11 is 6.19. The van der Waals surface area contributed by atoms with Crippen molar-refractivity contribution in [3.8, 4) is 5.75 Å². The van der Waals surface area contributed by atoms with E-state index in [0.29, 0.717) is 35.1 Å². The zero-order valence-corrected chi connectivity index (χ0v) is 20.0. The number of nitrogens with two attached hydrogens (primary N) is 1. The molecule has 2 aliphatic heterocycles. The normalized spacial score (nSPS) is 15.2. The molecule has 2 aliphatic rings. The first kappa shape index (κ1) is 29.4. The Hall–Kier alpha value is -2.60. The van der Waals surface area contributed by atoms with Crippen molar-refractivity contribution >= 4 is 35.1 Å². The number of hydrogen-bond donors (Lipinski definition) is 4. The summed E-state index contributed by atoms with van der Waals surface area (Å²) < 4.78 is 10.7. The maximum Gasteiger partial charge on any atom is 0.303 e. The largest absolute Gasteiger partial charge is 0.492 e. The van der Waals surface area contributed by atoms with Gasteiger partial charge in [-0.2, -0.15) is 0 Å². The Morgan fingerprint density at radius 1 is 1.24 bits per heavy atom. The minimum Gasteiger partial charge on any atom is -0.492 e. The maximum atomic E-state index is 12.7. The number of anilines is 1. The highest BCUT2D eigenvalue weighted by atomic mass is 35.5. The Bertz CT molecular complexity index is 830. The molecule has 2 heterocycles. The van der Waals surface area contributed by atoms with Crippen molar-refractivity contribution in [2.45, 2.75) is 44.6 Å². The zero-order valence-electron chi connectivity index (χ0n) is 19.3. The number of methoxy groups -OCH3 is 1. The van der Waals surface area contributed by atoms with Gasteiger partial charge in [0, 0.05) is 51.4 Å². The smallest absolute Gasteiger partial charge is 0.303 e. The lowest BCUT2D eigenvalue weighted by atomic mass is 10.0. The minimum atomic E-state index is -1.08. The molecule has 0 unspecified atom stereocenters. The molecule has 12 heteroatoms. The number of hydrogen-bond acceptors (Lipinski definition) is 7. The fraction of sp³-hybridized carbons (Fsp3) is 0.591. The summed E-state index contributed by atoms with van der Waals surface area (Å²) in [5.74, 6) is -1.69. The topological polar surface area (TPSA) is 183 Å². The van der Waals surface area contributed by atoms with Gasteiger partial charge in [0.15, 0.2) is 0 Å². The standard InChI is InChI=1S/C18H26ClN3O3.C4H6O4.H2O/c1-24-9-2-6-22-7-3-12(4-8-22)21-18(23)14-11-15(19)16(20)13-5-10-25-17(13)14;5-3(6)1-2-4(7)8;/h11-12H,2-10,20H2,1H3,(H,21,23);1-2H2,(H,5,6)(H,7,8);1H2. The van der Waals surface area contributed by atoms with Crippen LogP contribution in [0.5, 0.6) is 5.75 Å². The number of nitrogen functional groups attached to an aromatic ring is 1. The summed E-state index contributed by atoms with van der Waals surface area (Å²) in [5.41, 5.74) is 7.86. The molecule has 192 valence electrons. The first-order chi connectivity index (χ1) is 15.7. The predicted octanol–water partition coefficient (Wildman–Crippen LogP) is 1.20. The molecule has 1 amide bonds. The van der Waals surface area contributed by atoms with E-state index in [1.807, 2.05) is 0 Å². The van der Waals surface area contributed by atoms with E-state index in [-0.39, 0.29) is 30.3 Å². The fourth-order valence-corrected chi connectivity index (χ4v) is 3.97. The van der Waals surface area contributed by atoms with Gasteiger partial charge < -0.3 is 41.1 Å². The van der Waals surface area contributed by atoms with Crippen LogP contribution >= 0.6 is 11.6 Å². The number of nitrogens with one attached hydrogen (secondary N) is 1. The number of benzene rings is 1. The first-order valence-electron chi connectivity index (χ1n) is 10.9. The van der Waals surface area contributed by atoms with Gasteiger partial charge in [-0.1, -0.05) is 11.6 Å². The van der Waals surface area contributed by atoms with Crippen LogP contribution in [0.1, 0.15) is 48.0 Å². The maximum absolute atomic E-state index is 12.7. The Labute approximate surface area is 203 Å². The van der Waals surface area contributed by atoms with Gasteiger partial charge in [0.2, 0.25) is 0 Å². The number of nitrogens with zero attached hydrogens (tertiary/aromatic N) is 1. The van der Waals surface area contributed by atoms with Gasteiger partial charge in [0.1, 0.15) is 5.75 Å². The third kappa shape index (κ3) is 8.98. The Morgan fingerprint density at radius 2 is 1.85 bits per heavy atom. The zero-order chi connectivity index (χ0) is 24.4. The van der Waals surface area contributed by atoms with Crippen LogP contribution in [0.3, 0.4) is 0 Å². The van der Waals surface area contributed by atoms with Crippen molar-refractivity contribution in [2.24, 2.45) is 0 Å². The van der Waals surface area contributed by atoms with E-state index in [2.05, 4.69) is 10.2 Å². The number of rotatable bonds is 9. The van der Waals surface area contributed by atoms with E-state index in [0.717, 1.165) is 51.1 Å². The molecule has 7 N–H and O–H groups in total. The molecule has 0 saturated carbocycles. The van der Waals surface area contributed by atoms with Crippen molar-refractivity contribution in [2.75, 3.05) is 45.7 Å². The second-order valence-corrected chi connectivity index (χ2v) is 8.36. The number of aliphatic carboxylic acids is 2. The van der Waals surface area contributed by atoms with Crippen LogP contribution in [0.2, 0.25) is 5.02 Å². The number of piperidine rings is 1. The monoisotopic (exact) mass is 503 g/mol. The molecular formula is C22H34ClN3O8. The van der Waals surface area contributed by atoms with Gasteiger partial charge in [0.25, 0.3) is 5.91 Å². The van der Waals surface area contributed by atoms with Crippen LogP contribution in [0.15, 0.2) is 6.07 Å². The molecule has 1 aromatic rings. The molecule has 1 aromatic carbocycles. The van der Waals surface area contributed by atoms with Crippen molar-refractivity contribution in [1.29, 1.82) is 0 Å². The number of carbonyl (C=O) groups excluding carboxylic acids is 1. The highest BCUT2D eigenvalue weighted by Crippen LogP contribution is 2.38. The number of carbonyl (C=O) groups is 3. The van der Waals surface area contributed by atoms with Crippen LogP contribution in [-0.2, 0) is 20.7 Å². The lowest BCUT2D eigenvalue weighted by Crippen LogP contribution is -2.45. The number of likely N-dealkylation sites (tertiary alicyclic amines) is 1. The van der Waals surface area contributed by atoms with Crippen LogP contribution in [0, 0.1) is 0 Å². The van der Waals surface area contributed by atoms with E-state index in [9.17, 15) is 14.4 Å². The molecule has 0 radical (unpaired) electrons. The molecule has 34 heavy (non-hydrogen) atoms. The SMILES string of the molecule is COCCCN1CCC(NC(=O)c2cc(Cl)c(N)c3c2OCC3)CC1.O.O=C(O)CCC(=O)O. The summed E-state index contributed by atoms with van der Waals surface area (Å²) in [6, 6.07) is 1.80. The Kier molecular flexibility index (Phi) is 12.7. The van der Waals surface area contributed by atoms with E-state index in [1.165, 1.54) is 0 Å². The van der Waals surface area contributed by atoms with Crippen LogP contribution in [0.25, 0.3) is 0 Å². The molecule has 0 aliphatic carbocycles. The highest BCUT2D eigenvalue weighted by molar-refractivity contribution is 6.33. The molecule has 0 spiro atoms. The quantitative estimate of drug-likeness (QED) is 0.284. The van der Waals surface area contributed by atoms with Crippen molar-refractivity contribution in [1.82, 2.24) is 10.2 Å². The summed E-state index contributed by atoms with van der Waals surface area (Å²) in [7, 11) is 1.73. The van der Waals surface area contributed by atoms with Crippen molar-refractivity contribution in [3.05, 3.63) is 22.2 Å². The molecule has 11 nitrogen and oxygen atoms in total. The third-order valence-corrected chi connectivity index (χ3v) is 5.83. The minimum absolute atomic E-state index is 0. The van der Waals surface area contributed by atoms with Gasteiger partial charge in [-0.3, -0.25) is 14.4 Å². The average Bonchev–Trinajstić information content (AvgIpc) is 3.27. The van der Waals surface area contributed by atoms with Crippen LogP contribution in [-0.4, -0.2) is 84.4 Å². The molecule has 1 saturated heterocycles. The number of carboxylic acids is 2. The molecule has 3 rings (SSSR count). The lowest BCUT2D eigenvalue weighted by Gasteiger charge is -2.32. The molecule has 0 bridgehead atoms. The highest BCUT2D eigenvalue weighted by Gasteiger charge is 2.27. The van der Waals surface area contributed by atoms with Crippen LogP contribution in [0.4, 0.5) is 5.69 Å². The number of ether oxygens (including phenoxy) is 2. The van der Waals surface area contributed by atoms with E-state index in [4.69, 9.17) is 37.0 Å².